The van der Waals surface area contributed by atoms with Gasteiger partial charge in [-0.15, -0.1) is 9.42 Å². The van der Waals surface area contributed by atoms with E-state index in [0.717, 1.165) is 49.7 Å². The molecule has 0 bridgehead atoms. The number of unbranched alkanes of at least 4 members (excludes halogenated alkanes) is 2. The number of nitrogens with one attached hydrogen (secondary N) is 1. The van der Waals surface area contributed by atoms with Crippen LogP contribution in [0.25, 0.3) is 0 Å². The van der Waals surface area contributed by atoms with E-state index in [0.29, 0.717) is 6.42 Å². The zero-order valence-corrected chi connectivity index (χ0v) is 19.5. The van der Waals surface area contributed by atoms with E-state index in [9.17, 15) is 4.57 Å². The fourth-order valence-electron chi connectivity index (χ4n) is 4.03. The summed E-state index contributed by atoms with van der Waals surface area (Å²) in [4.78, 5) is 8.58. The molecule has 2 aromatic carbocycles. The molecule has 1 aliphatic rings. The molecule has 1 unspecified atom stereocenters. The fourth-order valence-corrected chi connectivity index (χ4v) is 4.61. The second-order valence-corrected chi connectivity index (χ2v) is 9.37. The van der Waals surface area contributed by atoms with Gasteiger partial charge in [-0.05, 0) is 55.0 Å². The van der Waals surface area contributed by atoms with Gasteiger partial charge >= 0.3 is 8.25 Å². The number of hydrogen-bond donors (Lipinski definition) is 2. The zero-order valence-electron chi connectivity index (χ0n) is 17.9. The monoisotopic (exact) mass is 464 g/mol. The number of hydrogen-bond acceptors (Lipinski definition) is 4. The van der Waals surface area contributed by atoms with Gasteiger partial charge in [0.2, 0.25) is 0 Å². The molecular weight excluding hydrogens is 433 g/mol. The Morgan fingerprint density at radius 2 is 1.90 bits per heavy atom. The zero-order chi connectivity index (χ0) is 21.9. The first-order valence-electron chi connectivity index (χ1n) is 11.0. The predicted octanol–water partition coefficient (Wildman–Crippen LogP) is 5.56. The van der Waals surface area contributed by atoms with E-state index in [4.69, 9.17) is 21.2 Å². The molecule has 1 heterocycles. The molecule has 31 heavy (non-hydrogen) atoms. The Labute approximate surface area is 191 Å². The summed E-state index contributed by atoms with van der Waals surface area (Å²) >= 11 is 6.50. The summed E-state index contributed by atoms with van der Waals surface area (Å²) in [5.74, 6) is 0. The van der Waals surface area contributed by atoms with E-state index in [-0.39, 0.29) is 12.0 Å². The largest absolute Gasteiger partial charge is 0.694 e. The third kappa shape index (κ3) is 7.64. The molecule has 0 saturated carbocycles. The summed E-state index contributed by atoms with van der Waals surface area (Å²) in [5.41, 5.74) is 3.97. The van der Waals surface area contributed by atoms with E-state index in [2.05, 4.69) is 52.3 Å². The van der Waals surface area contributed by atoms with Crippen LogP contribution in [0.3, 0.4) is 0 Å². The van der Waals surface area contributed by atoms with Crippen molar-refractivity contribution < 1.29 is 18.7 Å². The topological polar surface area (TPSA) is 67.8 Å². The Hall–Kier alpha value is -1.33. The molecule has 2 aromatic rings. The second kappa shape index (κ2) is 12.6. The summed E-state index contributed by atoms with van der Waals surface area (Å²) < 4.78 is 20.6. The molecule has 0 amide bonds. The molecule has 2 N–H and O–H groups in total. The minimum absolute atomic E-state index is 0.218. The first kappa shape index (κ1) is 24.3. The van der Waals surface area contributed by atoms with Crippen molar-refractivity contribution in [2.75, 3.05) is 26.4 Å². The smallest absolute Gasteiger partial charge is 0.379 e. The Kier molecular flexibility index (Phi) is 9.92. The molecule has 5 nitrogen and oxygen atoms in total. The summed E-state index contributed by atoms with van der Waals surface area (Å²) in [6.07, 6.45) is 6.39. The van der Waals surface area contributed by atoms with Crippen molar-refractivity contribution in [1.29, 1.82) is 0 Å². The quantitative estimate of drug-likeness (QED) is 0.283. The van der Waals surface area contributed by atoms with Gasteiger partial charge in [-0.2, -0.15) is 0 Å². The van der Waals surface area contributed by atoms with Crippen LogP contribution in [0.15, 0.2) is 48.5 Å². The first-order valence-corrected chi connectivity index (χ1v) is 12.5. The molecule has 1 fully saturated rings. The standard InChI is InChI=1S/C24H31ClNO4P/c25-23-16-20(17-26-14-7-15-30-31(27)28)11-12-21(23)8-3-2-6-13-24(18-29-19-24)22-9-4-1-5-10-22/h1,4-5,9-12,16,26H,2-3,6-8,13-15,17-19H2/p+1. The van der Waals surface area contributed by atoms with Gasteiger partial charge in [-0.3, -0.25) is 0 Å². The van der Waals surface area contributed by atoms with E-state index in [1.54, 1.807) is 0 Å². The average molecular weight is 465 g/mol. The Morgan fingerprint density at radius 3 is 2.58 bits per heavy atom. The third-order valence-electron chi connectivity index (χ3n) is 5.89. The summed E-state index contributed by atoms with van der Waals surface area (Å²) in [6.45, 7) is 3.39. The van der Waals surface area contributed by atoms with Crippen molar-refractivity contribution in [3.63, 3.8) is 0 Å². The highest BCUT2D eigenvalue weighted by Crippen LogP contribution is 2.37. The third-order valence-corrected chi connectivity index (χ3v) is 6.65. The fraction of sp³-hybridized carbons (Fsp3) is 0.500. The lowest BCUT2D eigenvalue weighted by Gasteiger charge is -2.42. The predicted molar refractivity (Wildman–Crippen MR) is 125 cm³/mol. The molecule has 0 spiro atoms. The Morgan fingerprint density at radius 1 is 1.10 bits per heavy atom. The van der Waals surface area contributed by atoms with Gasteiger partial charge in [-0.25, -0.2) is 0 Å². The van der Waals surface area contributed by atoms with Crippen molar-refractivity contribution in [2.24, 2.45) is 0 Å². The van der Waals surface area contributed by atoms with Gasteiger partial charge < -0.3 is 10.1 Å². The van der Waals surface area contributed by atoms with Gasteiger partial charge in [-0.1, -0.05) is 66.9 Å². The van der Waals surface area contributed by atoms with Crippen LogP contribution in [-0.4, -0.2) is 31.3 Å². The number of halogens is 1. The van der Waals surface area contributed by atoms with Crippen molar-refractivity contribution >= 4 is 19.9 Å². The highest BCUT2D eigenvalue weighted by molar-refractivity contribution is 7.32. The highest BCUT2D eigenvalue weighted by atomic mass is 35.5. The number of aryl methyl sites for hydroxylation is 1. The van der Waals surface area contributed by atoms with Gasteiger partial charge in [0, 0.05) is 21.5 Å². The molecule has 1 atom stereocenters. The lowest BCUT2D eigenvalue weighted by atomic mass is 9.74. The van der Waals surface area contributed by atoms with Crippen molar-refractivity contribution in [3.05, 3.63) is 70.2 Å². The second-order valence-electron chi connectivity index (χ2n) is 8.23. The van der Waals surface area contributed by atoms with E-state index < -0.39 is 8.25 Å². The number of rotatable bonds is 14. The summed E-state index contributed by atoms with van der Waals surface area (Å²) in [5, 5.41) is 4.12. The summed E-state index contributed by atoms with van der Waals surface area (Å²) in [7, 11) is -2.50. The SMILES string of the molecule is O=[P+](O)OCCCNCc1ccc(CCCCCC2(c3ccccc3)COC2)c(Cl)c1. The van der Waals surface area contributed by atoms with Gasteiger partial charge in [0.15, 0.2) is 0 Å². The van der Waals surface area contributed by atoms with Crippen LogP contribution < -0.4 is 5.32 Å². The minimum Gasteiger partial charge on any atom is -0.379 e. The van der Waals surface area contributed by atoms with Crippen molar-refractivity contribution in [2.45, 2.75) is 50.5 Å². The van der Waals surface area contributed by atoms with E-state index in [1.165, 1.54) is 30.4 Å². The van der Waals surface area contributed by atoms with Crippen LogP contribution in [0.1, 0.15) is 48.8 Å². The van der Waals surface area contributed by atoms with Crippen LogP contribution in [0.4, 0.5) is 0 Å². The van der Waals surface area contributed by atoms with E-state index in [1.807, 2.05) is 6.07 Å². The maximum Gasteiger partial charge on any atom is 0.694 e. The van der Waals surface area contributed by atoms with Gasteiger partial charge in [0.25, 0.3) is 0 Å². The molecule has 1 saturated heterocycles. The van der Waals surface area contributed by atoms with Crippen molar-refractivity contribution in [3.8, 4) is 0 Å². The van der Waals surface area contributed by atoms with Crippen LogP contribution >= 0.6 is 19.9 Å². The average Bonchev–Trinajstić information content (AvgIpc) is 2.73. The summed E-state index contributed by atoms with van der Waals surface area (Å²) in [6, 6.07) is 17.0. The first-order chi connectivity index (χ1) is 15.1. The molecule has 3 rings (SSSR count). The van der Waals surface area contributed by atoms with Crippen LogP contribution in [0.5, 0.6) is 0 Å². The van der Waals surface area contributed by atoms with E-state index >= 15 is 0 Å². The molecule has 0 aromatic heterocycles. The minimum atomic E-state index is -2.50. The maximum absolute atomic E-state index is 10.4. The Balaban J connectivity index is 1.34. The highest BCUT2D eigenvalue weighted by Gasteiger charge is 2.39. The number of benzene rings is 2. The maximum atomic E-state index is 10.4. The van der Waals surface area contributed by atoms with Gasteiger partial charge in [0.1, 0.15) is 6.61 Å². The normalized spacial score (nSPS) is 15.5. The lowest BCUT2D eigenvalue weighted by molar-refractivity contribution is -0.0654. The molecule has 0 radical (unpaired) electrons. The Bertz CT molecular complexity index is 830. The van der Waals surface area contributed by atoms with Gasteiger partial charge in [0.05, 0.1) is 13.2 Å². The molecule has 0 aliphatic carbocycles. The number of ether oxygens (including phenoxy) is 1. The molecular formula is C24H32ClNO4P+. The molecule has 168 valence electrons. The van der Waals surface area contributed by atoms with Crippen LogP contribution in [0.2, 0.25) is 5.02 Å². The van der Waals surface area contributed by atoms with Crippen LogP contribution in [0, 0.1) is 0 Å². The van der Waals surface area contributed by atoms with Crippen molar-refractivity contribution in [1.82, 2.24) is 5.32 Å². The molecule has 1 aliphatic heterocycles. The molecule has 7 heteroatoms. The van der Waals surface area contributed by atoms with Crippen LogP contribution in [-0.2, 0) is 32.2 Å². The lowest BCUT2D eigenvalue weighted by Crippen LogP contribution is -2.46.